The van der Waals surface area contributed by atoms with Crippen LogP contribution in [-0.4, -0.2) is 11.8 Å². The molecule has 5 rings (SSSR count). The monoisotopic (exact) mass is 404 g/mol. The van der Waals surface area contributed by atoms with Gasteiger partial charge in [0, 0.05) is 22.6 Å². The van der Waals surface area contributed by atoms with Crippen LogP contribution >= 0.6 is 0 Å². The molecule has 4 heteroatoms. The minimum atomic E-state index is -0.985. The van der Waals surface area contributed by atoms with E-state index in [1.807, 2.05) is 37.3 Å². The zero-order valence-electron chi connectivity index (χ0n) is 17.8. The average molecular weight is 405 g/mol. The first-order chi connectivity index (χ1) is 14.3. The van der Waals surface area contributed by atoms with Gasteiger partial charge < -0.3 is 15.2 Å². The number of para-hydroxylation sites is 1. The molecule has 0 aromatic heterocycles. The van der Waals surface area contributed by atoms with E-state index in [2.05, 4.69) is 24.4 Å². The Morgan fingerprint density at radius 1 is 1.17 bits per heavy atom. The van der Waals surface area contributed by atoms with Crippen molar-refractivity contribution in [1.82, 2.24) is 0 Å². The van der Waals surface area contributed by atoms with E-state index in [-0.39, 0.29) is 23.0 Å². The molecule has 1 aromatic rings. The van der Waals surface area contributed by atoms with E-state index in [9.17, 15) is 14.7 Å². The summed E-state index contributed by atoms with van der Waals surface area (Å²) < 4.78 is 0. The minimum Gasteiger partial charge on any atom is -0.550 e. The van der Waals surface area contributed by atoms with Crippen LogP contribution in [0.1, 0.15) is 62.7 Å². The highest BCUT2D eigenvalue weighted by molar-refractivity contribution is 6.18. The van der Waals surface area contributed by atoms with Crippen molar-refractivity contribution in [3.63, 3.8) is 0 Å². The fourth-order valence-corrected chi connectivity index (χ4v) is 7.07. The molecule has 4 aliphatic rings. The first-order valence-electron chi connectivity index (χ1n) is 11.3. The fraction of sp³-hybridized carbons (Fsp3) is 0.538. The standard InChI is InChI=1S/C26H31NO3/c1-25-13-6-5-7-16(25)10-11-17-19(25)12-14-26(2,24(29)30)20(17)15-22-23(28)18-8-3-4-9-21(18)27-22/h3-6,8-9,15-17,19-20,27H,7,10-14H2,1-2H3,(H,29,30)/p-1/b22-15+/t16-,17-,19-,20+,25+,26+/m1/s1. The van der Waals surface area contributed by atoms with Gasteiger partial charge in [-0.1, -0.05) is 44.2 Å². The Labute approximate surface area is 178 Å². The number of hydrogen-bond acceptors (Lipinski definition) is 4. The molecule has 1 aliphatic heterocycles. The maximum atomic E-state index is 13.0. The minimum absolute atomic E-state index is 0.0334. The fourth-order valence-electron chi connectivity index (χ4n) is 7.07. The van der Waals surface area contributed by atoms with Crippen LogP contribution in [0.25, 0.3) is 0 Å². The third kappa shape index (κ3) is 2.72. The Balaban J connectivity index is 1.55. The van der Waals surface area contributed by atoms with Gasteiger partial charge in [-0.3, -0.25) is 4.79 Å². The topological polar surface area (TPSA) is 69.2 Å². The maximum Gasteiger partial charge on any atom is 0.210 e. The van der Waals surface area contributed by atoms with E-state index in [4.69, 9.17) is 0 Å². The van der Waals surface area contributed by atoms with Crippen molar-refractivity contribution in [1.29, 1.82) is 0 Å². The van der Waals surface area contributed by atoms with Crippen LogP contribution in [0.4, 0.5) is 5.69 Å². The Morgan fingerprint density at radius 2 is 1.97 bits per heavy atom. The number of ketones is 1. The predicted octanol–water partition coefficient (Wildman–Crippen LogP) is 4.34. The number of rotatable bonds is 2. The summed E-state index contributed by atoms with van der Waals surface area (Å²) in [5, 5.41) is 15.6. The summed E-state index contributed by atoms with van der Waals surface area (Å²) in [6.07, 6.45) is 12.5. The Morgan fingerprint density at radius 3 is 2.73 bits per heavy atom. The van der Waals surface area contributed by atoms with Crippen LogP contribution in [0.5, 0.6) is 0 Å². The van der Waals surface area contributed by atoms with E-state index >= 15 is 0 Å². The lowest BCUT2D eigenvalue weighted by atomic mass is 9.45. The molecule has 6 atom stereocenters. The zero-order valence-corrected chi connectivity index (χ0v) is 17.8. The number of carbonyl (C=O) groups is 2. The van der Waals surface area contributed by atoms with Gasteiger partial charge in [-0.2, -0.15) is 0 Å². The van der Waals surface area contributed by atoms with E-state index in [0.29, 0.717) is 29.5 Å². The summed E-state index contributed by atoms with van der Waals surface area (Å²) in [6, 6.07) is 7.49. The molecule has 30 heavy (non-hydrogen) atoms. The molecular weight excluding hydrogens is 374 g/mol. The molecular formula is C26H30NO3-. The summed E-state index contributed by atoms with van der Waals surface area (Å²) in [6.45, 7) is 4.25. The summed E-state index contributed by atoms with van der Waals surface area (Å²) in [4.78, 5) is 25.3. The van der Waals surface area contributed by atoms with Crippen LogP contribution in [0, 0.1) is 34.5 Å². The number of hydrogen-bond donors (Lipinski definition) is 1. The smallest absolute Gasteiger partial charge is 0.210 e. The largest absolute Gasteiger partial charge is 0.550 e. The van der Waals surface area contributed by atoms with Crippen molar-refractivity contribution in [3.8, 4) is 0 Å². The van der Waals surface area contributed by atoms with Gasteiger partial charge in [0.15, 0.2) is 0 Å². The van der Waals surface area contributed by atoms with Crippen molar-refractivity contribution in [2.45, 2.75) is 52.4 Å². The number of anilines is 1. The second-order valence-corrected chi connectivity index (χ2v) is 10.3. The molecule has 2 saturated carbocycles. The number of Topliss-reactive ketones (excluding diaryl/α,β-unsaturated/α-hetero) is 1. The third-order valence-electron chi connectivity index (χ3n) is 8.96. The molecule has 0 spiro atoms. The van der Waals surface area contributed by atoms with Gasteiger partial charge in [-0.25, -0.2) is 0 Å². The van der Waals surface area contributed by atoms with Crippen molar-refractivity contribution < 1.29 is 14.7 Å². The molecule has 0 radical (unpaired) electrons. The van der Waals surface area contributed by atoms with E-state index < -0.39 is 11.4 Å². The molecule has 2 fully saturated rings. The third-order valence-corrected chi connectivity index (χ3v) is 8.96. The van der Waals surface area contributed by atoms with Crippen molar-refractivity contribution >= 4 is 17.4 Å². The van der Waals surface area contributed by atoms with Gasteiger partial charge in [0.2, 0.25) is 5.78 Å². The number of nitrogens with one attached hydrogen (secondary N) is 1. The molecule has 158 valence electrons. The molecule has 1 N–H and O–H groups in total. The highest BCUT2D eigenvalue weighted by Gasteiger charge is 2.56. The van der Waals surface area contributed by atoms with Gasteiger partial charge in [-0.15, -0.1) is 0 Å². The number of allylic oxidation sites excluding steroid dienone is 4. The van der Waals surface area contributed by atoms with E-state index in [1.54, 1.807) is 0 Å². The van der Waals surface area contributed by atoms with Crippen molar-refractivity contribution in [2.24, 2.45) is 34.5 Å². The summed E-state index contributed by atoms with van der Waals surface area (Å²) in [5.74, 6) is 0.204. The number of fused-ring (bicyclic) bond motifs is 4. The molecule has 3 aliphatic carbocycles. The number of aliphatic carboxylic acids is 1. The van der Waals surface area contributed by atoms with Crippen molar-refractivity contribution in [3.05, 3.63) is 53.8 Å². The summed E-state index contributed by atoms with van der Waals surface area (Å²) in [5.41, 5.74) is 1.28. The number of carbonyl (C=O) groups excluding carboxylic acids is 2. The van der Waals surface area contributed by atoms with Gasteiger partial charge in [0.05, 0.1) is 5.70 Å². The summed E-state index contributed by atoms with van der Waals surface area (Å²) in [7, 11) is 0. The molecule has 4 nitrogen and oxygen atoms in total. The molecule has 0 unspecified atom stereocenters. The van der Waals surface area contributed by atoms with Gasteiger partial charge >= 0.3 is 0 Å². The van der Waals surface area contributed by atoms with Crippen LogP contribution in [0.2, 0.25) is 0 Å². The highest BCUT2D eigenvalue weighted by Crippen LogP contribution is 2.62. The molecule has 0 bridgehead atoms. The quantitative estimate of drug-likeness (QED) is 0.588. The molecule has 0 amide bonds. The normalized spacial score (nSPS) is 41.0. The lowest BCUT2D eigenvalue weighted by molar-refractivity contribution is -0.324. The van der Waals surface area contributed by atoms with Gasteiger partial charge in [0.25, 0.3) is 0 Å². The molecule has 1 aromatic carbocycles. The average Bonchev–Trinajstić information content (AvgIpc) is 3.05. The lowest BCUT2D eigenvalue weighted by Crippen LogP contribution is -2.56. The first kappa shape index (κ1) is 19.6. The SMILES string of the molecule is C[C@]12CC=CC[C@@H]1CC[C@@H]1[C@H]2CC[C@](C)(C(=O)[O-])[C@H]1/C=C1/Nc2ccccc2C1=O. The van der Waals surface area contributed by atoms with Crippen molar-refractivity contribution in [2.75, 3.05) is 5.32 Å². The lowest BCUT2D eigenvalue weighted by Gasteiger charge is -2.60. The predicted molar refractivity (Wildman–Crippen MR) is 115 cm³/mol. The number of carboxylic acid groups (broad SMARTS) is 1. The van der Waals surface area contributed by atoms with Gasteiger partial charge in [0.1, 0.15) is 0 Å². The first-order valence-corrected chi connectivity index (χ1v) is 11.3. The van der Waals surface area contributed by atoms with Crippen LogP contribution in [0.3, 0.4) is 0 Å². The van der Waals surface area contributed by atoms with Crippen LogP contribution in [-0.2, 0) is 4.79 Å². The zero-order chi connectivity index (χ0) is 21.1. The highest BCUT2D eigenvalue weighted by atomic mass is 16.4. The second kappa shape index (κ2) is 6.83. The van der Waals surface area contributed by atoms with Gasteiger partial charge in [-0.05, 0) is 79.7 Å². The molecule has 0 saturated heterocycles. The van der Waals surface area contributed by atoms with Crippen LogP contribution in [0.15, 0.2) is 48.2 Å². The Bertz CT molecular complexity index is 963. The van der Waals surface area contributed by atoms with E-state index in [1.165, 1.54) is 0 Å². The maximum absolute atomic E-state index is 13.0. The van der Waals surface area contributed by atoms with E-state index in [0.717, 1.165) is 37.8 Å². The number of benzene rings is 1. The molecule has 1 heterocycles. The Hall–Kier alpha value is -2.36. The number of carboxylic acids is 1. The summed E-state index contributed by atoms with van der Waals surface area (Å²) >= 11 is 0. The van der Waals surface area contributed by atoms with Crippen LogP contribution < -0.4 is 10.4 Å². The Kier molecular flexibility index (Phi) is 4.46. The second-order valence-electron chi connectivity index (χ2n) is 10.3.